The molecule has 3 aromatic rings. The molecule has 0 bridgehead atoms. The largest absolute Gasteiger partial charge is 0.497 e. The van der Waals surface area contributed by atoms with Crippen LogP contribution in [0.15, 0.2) is 70.2 Å². The molecule has 4 rings (SSSR count). The maximum atomic E-state index is 13.0. The van der Waals surface area contributed by atoms with Crippen molar-refractivity contribution in [2.75, 3.05) is 17.4 Å². The Balaban J connectivity index is 0.00000324. The first-order valence-corrected chi connectivity index (χ1v) is 10.1. The fourth-order valence-electron chi connectivity index (χ4n) is 3.50. The molecule has 2 N–H and O–H groups in total. The van der Waals surface area contributed by atoms with Crippen molar-refractivity contribution in [2.24, 2.45) is 11.0 Å². The quantitative estimate of drug-likeness (QED) is 0.534. The number of carboxylic acid groups (broad SMARTS) is 1. The van der Waals surface area contributed by atoms with Crippen molar-refractivity contribution in [1.29, 1.82) is 0 Å². The first kappa shape index (κ1) is 24.2. The van der Waals surface area contributed by atoms with Gasteiger partial charge in [0.1, 0.15) is 11.5 Å². The summed E-state index contributed by atoms with van der Waals surface area (Å²) in [5, 5.41) is 17.4. The number of nitrogens with zero attached hydrogens (tertiary/aromatic N) is 2. The Morgan fingerprint density at radius 1 is 1.15 bits per heavy atom. The average molecular weight is 463 g/mol. The lowest BCUT2D eigenvalue weighted by Crippen LogP contribution is -2.28. The molecule has 34 heavy (non-hydrogen) atoms. The number of ether oxygens (including phenoxy) is 1. The Bertz CT molecular complexity index is 1260. The zero-order valence-electron chi connectivity index (χ0n) is 17.9. The van der Waals surface area contributed by atoms with Gasteiger partial charge in [-0.2, -0.15) is 5.10 Å². The van der Waals surface area contributed by atoms with E-state index in [0.717, 1.165) is 0 Å². The van der Waals surface area contributed by atoms with Gasteiger partial charge in [0, 0.05) is 23.9 Å². The van der Waals surface area contributed by atoms with E-state index in [9.17, 15) is 19.5 Å². The number of carboxylic acids is 1. The van der Waals surface area contributed by atoms with E-state index in [0.29, 0.717) is 28.6 Å². The number of amides is 2. The second-order valence-corrected chi connectivity index (χ2v) is 7.46. The second kappa shape index (κ2) is 10.0. The number of anilines is 2. The van der Waals surface area contributed by atoms with E-state index < -0.39 is 17.8 Å². The van der Waals surface area contributed by atoms with E-state index in [4.69, 9.17) is 9.15 Å². The minimum absolute atomic E-state index is 0. The summed E-state index contributed by atoms with van der Waals surface area (Å²) in [6, 6.07) is 16.2. The molecule has 9 heteroatoms. The molecule has 0 saturated carbocycles. The number of hydrogen-bond acceptors (Lipinski definition) is 6. The molecule has 0 spiro atoms. The van der Waals surface area contributed by atoms with E-state index in [1.165, 1.54) is 17.1 Å². The van der Waals surface area contributed by atoms with E-state index >= 15 is 0 Å². The van der Waals surface area contributed by atoms with Crippen LogP contribution in [0.4, 0.5) is 11.4 Å². The first-order chi connectivity index (χ1) is 15.9. The van der Waals surface area contributed by atoms with Crippen molar-refractivity contribution in [3.63, 3.8) is 0 Å². The highest BCUT2D eigenvalue weighted by molar-refractivity contribution is 6.15. The highest BCUT2D eigenvalue weighted by Crippen LogP contribution is 2.27. The van der Waals surface area contributed by atoms with Crippen LogP contribution in [0.25, 0.3) is 0 Å². The third-order valence-electron chi connectivity index (χ3n) is 5.22. The summed E-state index contributed by atoms with van der Waals surface area (Å²) in [6.07, 6.45) is 0.218. The summed E-state index contributed by atoms with van der Waals surface area (Å²) in [5.74, 6) is -1.21. The van der Waals surface area contributed by atoms with Gasteiger partial charge in [-0.1, -0.05) is 19.6 Å². The highest BCUT2D eigenvalue weighted by atomic mass is 16.5. The average Bonchev–Trinajstić information content (AvgIpc) is 3.39. The lowest BCUT2D eigenvalue weighted by atomic mass is 9.99. The molecule has 1 unspecified atom stereocenters. The number of nitrogens with one attached hydrogen (secondary N) is 1. The van der Waals surface area contributed by atoms with Gasteiger partial charge < -0.3 is 19.6 Å². The first-order valence-electron chi connectivity index (χ1n) is 10.1. The van der Waals surface area contributed by atoms with Gasteiger partial charge in [-0.15, -0.1) is 0 Å². The maximum absolute atomic E-state index is 13.0. The van der Waals surface area contributed by atoms with Crippen molar-refractivity contribution in [3.8, 4) is 5.75 Å². The third kappa shape index (κ3) is 4.98. The van der Waals surface area contributed by atoms with Gasteiger partial charge >= 0.3 is 5.97 Å². The van der Waals surface area contributed by atoms with Crippen LogP contribution in [0.5, 0.6) is 5.75 Å². The molecule has 2 amide bonds. The van der Waals surface area contributed by atoms with Gasteiger partial charge in [0.25, 0.3) is 11.8 Å². The number of methoxy groups -OCH3 is 1. The Kier molecular flexibility index (Phi) is 7.15. The molecular formula is C25H25N3O6. The Labute approximate surface area is 196 Å². The summed E-state index contributed by atoms with van der Waals surface area (Å²) < 4.78 is 10.8. The maximum Gasteiger partial charge on any atom is 0.335 e. The molecule has 9 nitrogen and oxygen atoms in total. The second-order valence-electron chi connectivity index (χ2n) is 7.46. The number of rotatable bonds is 7. The molecule has 0 radical (unpaired) electrons. The molecule has 1 atom stereocenters. The number of benzene rings is 2. The number of hydrazone groups is 1. The van der Waals surface area contributed by atoms with Crippen LogP contribution in [-0.4, -0.2) is 35.7 Å². The van der Waals surface area contributed by atoms with E-state index in [1.54, 1.807) is 62.6 Å². The van der Waals surface area contributed by atoms with Crippen LogP contribution < -0.4 is 15.1 Å². The topological polar surface area (TPSA) is 121 Å². The predicted molar refractivity (Wildman–Crippen MR) is 128 cm³/mol. The summed E-state index contributed by atoms with van der Waals surface area (Å²) >= 11 is 0. The fraction of sp³-hybridized carbons (Fsp3) is 0.200. The molecule has 2 aromatic carbocycles. The van der Waals surface area contributed by atoms with Crippen molar-refractivity contribution >= 4 is 34.9 Å². The van der Waals surface area contributed by atoms with Gasteiger partial charge in [-0.05, 0) is 49.4 Å². The van der Waals surface area contributed by atoms with Crippen LogP contribution in [-0.2, 0) is 11.2 Å². The van der Waals surface area contributed by atoms with Crippen LogP contribution in [0.2, 0.25) is 0 Å². The number of furan rings is 1. The van der Waals surface area contributed by atoms with Gasteiger partial charge in [-0.25, -0.2) is 9.80 Å². The number of hydrogen-bond donors (Lipinski definition) is 2. The van der Waals surface area contributed by atoms with Crippen molar-refractivity contribution in [1.82, 2.24) is 0 Å². The van der Waals surface area contributed by atoms with E-state index in [2.05, 4.69) is 10.4 Å². The van der Waals surface area contributed by atoms with Gasteiger partial charge in [0.05, 0.1) is 24.3 Å². The number of carbonyl (C=O) groups is 3. The van der Waals surface area contributed by atoms with Crippen molar-refractivity contribution < 1.29 is 28.6 Å². The standard InChI is InChI=1S/C24H21N3O6.CH4/c1-14-20(23(29)27(26-14)17-7-3-5-15(11-17)24(30)31)13-19-9-10-21(33-19)22(28)25-16-6-4-8-18(12-16)32-2;/h3-12,20H,13H2,1-2H3,(H,25,28)(H,30,31);1H4. The number of carbonyl (C=O) groups excluding carboxylic acids is 2. The van der Waals surface area contributed by atoms with Gasteiger partial charge in [0.2, 0.25) is 0 Å². The molecule has 176 valence electrons. The summed E-state index contributed by atoms with van der Waals surface area (Å²) in [7, 11) is 1.54. The Morgan fingerprint density at radius 2 is 1.91 bits per heavy atom. The van der Waals surface area contributed by atoms with Crippen molar-refractivity contribution in [3.05, 3.63) is 77.7 Å². The lowest BCUT2D eigenvalue weighted by molar-refractivity contribution is -0.119. The zero-order chi connectivity index (χ0) is 23.5. The molecule has 0 saturated heterocycles. The molecular weight excluding hydrogens is 438 g/mol. The monoisotopic (exact) mass is 463 g/mol. The van der Waals surface area contributed by atoms with Crippen LogP contribution in [0, 0.1) is 5.92 Å². The molecule has 0 fully saturated rings. The van der Waals surface area contributed by atoms with Crippen LogP contribution in [0.3, 0.4) is 0 Å². The smallest absolute Gasteiger partial charge is 0.335 e. The Morgan fingerprint density at radius 3 is 2.65 bits per heavy atom. The summed E-state index contributed by atoms with van der Waals surface area (Å²) in [4.78, 5) is 36.7. The molecule has 2 heterocycles. The van der Waals surface area contributed by atoms with E-state index in [1.807, 2.05) is 0 Å². The minimum atomic E-state index is -1.09. The highest BCUT2D eigenvalue weighted by Gasteiger charge is 2.35. The normalized spacial score (nSPS) is 14.9. The SMILES string of the molecule is C.COc1cccc(NC(=O)c2ccc(CC3C(=O)N(c4cccc(C(=O)O)c4)N=C3C)o2)c1. The van der Waals surface area contributed by atoms with Gasteiger partial charge in [-0.3, -0.25) is 9.59 Å². The van der Waals surface area contributed by atoms with Crippen LogP contribution in [0.1, 0.15) is 41.0 Å². The summed E-state index contributed by atoms with van der Waals surface area (Å²) in [6.45, 7) is 1.73. The minimum Gasteiger partial charge on any atom is -0.497 e. The molecule has 1 aliphatic rings. The zero-order valence-corrected chi connectivity index (χ0v) is 17.9. The molecule has 1 aromatic heterocycles. The number of aromatic carboxylic acids is 1. The lowest BCUT2D eigenvalue weighted by Gasteiger charge is -2.14. The molecule has 1 aliphatic heterocycles. The van der Waals surface area contributed by atoms with Crippen molar-refractivity contribution in [2.45, 2.75) is 20.8 Å². The predicted octanol–water partition coefficient (Wildman–Crippen LogP) is 4.46. The fourth-order valence-corrected chi connectivity index (χ4v) is 3.50. The van der Waals surface area contributed by atoms with E-state index in [-0.39, 0.29) is 31.1 Å². The summed E-state index contributed by atoms with van der Waals surface area (Å²) in [5.41, 5.74) is 1.57. The van der Waals surface area contributed by atoms with Crippen LogP contribution >= 0.6 is 0 Å². The molecule has 0 aliphatic carbocycles. The Hall–Kier alpha value is -4.40. The van der Waals surface area contributed by atoms with Gasteiger partial charge in [0.15, 0.2) is 5.76 Å². The third-order valence-corrected chi connectivity index (χ3v) is 5.22.